The molecular formula is C17H22FN3O2. The average Bonchev–Trinajstić information content (AvgIpc) is 2.95. The second kappa shape index (κ2) is 6.28. The maximum absolute atomic E-state index is 14.0. The molecule has 1 heterocycles. The molecule has 2 amide bonds. The summed E-state index contributed by atoms with van der Waals surface area (Å²) in [5, 5.41) is 8.66. The minimum atomic E-state index is -0.498. The van der Waals surface area contributed by atoms with E-state index in [4.69, 9.17) is 0 Å². The first-order valence-corrected chi connectivity index (χ1v) is 8.10. The third kappa shape index (κ3) is 3.08. The van der Waals surface area contributed by atoms with Crippen LogP contribution in [0.2, 0.25) is 0 Å². The Morgan fingerprint density at radius 1 is 1.30 bits per heavy atom. The minimum absolute atomic E-state index is 0.117. The highest BCUT2D eigenvalue weighted by Crippen LogP contribution is 2.44. The van der Waals surface area contributed by atoms with Crippen LogP contribution in [0.1, 0.15) is 32.6 Å². The lowest BCUT2D eigenvalue weighted by Gasteiger charge is -2.37. The predicted molar refractivity (Wildman–Crippen MR) is 86.6 cm³/mol. The SMILES string of the molecule is CC(=O)Nc1ccc(F)c(NC(=O)[C@@]23CCCC[C@H]2CNC3)c1. The zero-order valence-corrected chi connectivity index (χ0v) is 13.2. The molecule has 0 bridgehead atoms. The molecule has 5 nitrogen and oxygen atoms in total. The van der Waals surface area contributed by atoms with Crippen molar-refractivity contribution >= 4 is 23.2 Å². The van der Waals surface area contributed by atoms with Gasteiger partial charge in [0.1, 0.15) is 5.82 Å². The molecule has 0 radical (unpaired) electrons. The van der Waals surface area contributed by atoms with Gasteiger partial charge >= 0.3 is 0 Å². The van der Waals surface area contributed by atoms with Crippen LogP contribution < -0.4 is 16.0 Å². The van der Waals surface area contributed by atoms with Crippen molar-refractivity contribution in [1.29, 1.82) is 0 Å². The molecule has 1 saturated heterocycles. The van der Waals surface area contributed by atoms with Gasteiger partial charge in [0.2, 0.25) is 11.8 Å². The van der Waals surface area contributed by atoms with Gasteiger partial charge in [-0.25, -0.2) is 4.39 Å². The molecule has 3 rings (SSSR count). The number of nitrogens with one attached hydrogen (secondary N) is 3. The first kappa shape index (κ1) is 15.9. The Morgan fingerprint density at radius 3 is 2.91 bits per heavy atom. The molecule has 1 aromatic carbocycles. The van der Waals surface area contributed by atoms with Gasteiger partial charge in [0.05, 0.1) is 11.1 Å². The van der Waals surface area contributed by atoms with Crippen LogP contribution in [-0.2, 0) is 9.59 Å². The molecule has 0 unspecified atom stereocenters. The number of hydrogen-bond acceptors (Lipinski definition) is 3. The lowest BCUT2D eigenvalue weighted by Crippen LogP contribution is -2.44. The first-order chi connectivity index (χ1) is 11.0. The lowest BCUT2D eigenvalue weighted by molar-refractivity contribution is -0.128. The maximum Gasteiger partial charge on any atom is 0.232 e. The third-order valence-corrected chi connectivity index (χ3v) is 5.03. The highest BCUT2D eigenvalue weighted by Gasteiger charge is 2.49. The van der Waals surface area contributed by atoms with Crippen LogP contribution in [-0.4, -0.2) is 24.9 Å². The molecule has 0 spiro atoms. The summed E-state index contributed by atoms with van der Waals surface area (Å²) in [6.07, 6.45) is 4.05. The van der Waals surface area contributed by atoms with E-state index in [0.29, 0.717) is 18.2 Å². The summed E-state index contributed by atoms with van der Waals surface area (Å²) in [6, 6.07) is 4.19. The summed E-state index contributed by atoms with van der Waals surface area (Å²) < 4.78 is 14.0. The summed E-state index contributed by atoms with van der Waals surface area (Å²) in [7, 11) is 0. The van der Waals surface area contributed by atoms with E-state index in [-0.39, 0.29) is 17.5 Å². The quantitative estimate of drug-likeness (QED) is 0.802. The number of halogens is 1. The van der Waals surface area contributed by atoms with Gasteiger partial charge in [0, 0.05) is 19.2 Å². The van der Waals surface area contributed by atoms with E-state index >= 15 is 0 Å². The average molecular weight is 319 g/mol. The molecule has 124 valence electrons. The Labute approximate surface area is 135 Å². The van der Waals surface area contributed by atoms with Crippen molar-refractivity contribution in [2.24, 2.45) is 11.3 Å². The summed E-state index contributed by atoms with van der Waals surface area (Å²) >= 11 is 0. The molecule has 2 aliphatic rings. The number of fused-ring (bicyclic) bond motifs is 1. The Kier molecular flexibility index (Phi) is 4.35. The van der Waals surface area contributed by atoms with E-state index in [1.807, 2.05) is 0 Å². The number of anilines is 2. The van der Waals surface area contributed by atoms with E-state index < -0.39 is 11.2 Å². The van der Waals surface area contributed by atoms with Crippen LogP contribution in [0.5, 0.6) is 0 Å². The normalized spacial score (nSPS) is 26.4. The predicted octanol–water partition coefficient (Wildman–Crippen LogP) is 2.50. The number of rotatable bonds is 3. The van der Waals surface area contributed by atoms with Crippen LogP contribution >= 0.6 is 0 Å². The van der Waals surface area contributed by atoms with Gasteiger partial charge < -0.3 is 16.0 Å². The monoisotopic (exact) mass is 319 g/mol. The van der Waals surface area contributed by atoms with E-state index in [2.05, 4.69) is 16.0 Å². The molecule has 1 saturated carbocycles. The molecule has 3 N–H and O–H groups in total. The highest BCUT2D eigenvalue weighted by atomic mass is 19.1. The molecule has 2 atom stereocenters. The molecule has 1 aliphatic carbocycles. The van der Waals surface area contributed by atoms with Gasteiger partial charge in [0.15, 0.2) is 0 Å². The number of carbonyl (C=O) groups excluding carboxylic acids is 2. The number of carbonyl (C=O) groups is 2. The Morgan fingerprint density at radius 2 is 2.13 bits per heavy atom. The van der Waals surface area contributed by atoms with Crippen molar-refractivity contribution in [3.05, 3.63) is 24.0 Å². The standard InChI is InChI=1S/C17H22FN3O2/c1-11(22)20-13-5-6-14(18)15(8-13)21-16(23)17-7-3-2-4-12(17)9-19-10-17/h5-6,8,12,19H,2-4,7,9-10H2,1H3,(H,20,22)(H,21,23)/t12-,17+/m0/s1. The Hall–Kier alpha value is -1.95. The second-order valence-electron chi connectivity index (χ2n) is 6.56. The zero-order chi connectivity index (χ0) is 16.4. The van der Waals surface area contributed by atoms with Crippen LogP contribution in [0.3, 0.4) is 0 Å². The summed E-state index contributed by atoms with van der Waals surface area (Å²) in [4.78, 5) is 24.0. The van der Waals surface area contributed by atoms with E-state index in [1.54, 1.807) is 0 Å². The molecule has 1 aliphatic heterocycles. The van der Waals surface area contributed by atoms with E-state index in [9.17, 15) is 14.0 Å². The Balaban J connectivity index is 1.81. The minimum Gasteiger partial charge on any atom is -0.326 e. The molecule has 6 heteroatoms. The van der Waals surface area contributed by atoms with E-state index in [0.717, 1.165) is 32.2 Å². The van der Waals surface area contributed by atoms with Gasteiger partial charge in [-0.05, 0) is 43.5 Å². The largest absolute Gasteiger partial charge is 0.326 e. The van der Waals surface area contributed by atoms with Crippen molar-refractivity contribution in [3.8, 4) is 0 Å². The summed E-state index contributed by atoms with van der Waals surface area (Å²) in [5.74, 6) is -0.536. The topological polar surface area (TPSA) is 70.2 Å². The van der Waals surface area contributed by atoms with Gasteiger partial charge in [-0.2, -0.15) is 0 Å². The van der Waals surface area contributed by atoms with Crippen molar-refractivity contribution in [2.75, 3.05) is 23.7 Å². The van der Waals surface area contributed by atoms with Gasteiger partial charge in [-0.1, -0.05) is 12.8 Å². The highest BCUT2D eigenvalue weighted by molar-refractivity contribution is 5.97. The smallest absolute Gasteiger partial charge is 0.232 e. The summed E-state index contributed by atoms with van der Waals surface area (Å²) in [6.45, 7) is 2.88. The fourth-order valence-corrected chi connectivity index (χ4v) is 3.84. The summed E-state index contributed by atoms with van der Waals surface area (Å²) in [5.41, 5.74) is 0.151. The van der Waals surface area contributed by atoms with Gasteiger partial charge in [0.25, 0.3) is 0 Å². The number of benzene rings is 1. The lowest BCUT2D eigenvalue weighted by atomic mass is 9.67. The van der Waals surface area contributed by atoms with Crippen molar-refractivity contribution in [3.63, 3.8) is 0 Å². The molecule has 1 aromatic rings. The van der Waals surface area contributed by atoms with Gasteiger partial charge in [-0.3, -0.25) is 9.59 Å². The maximum atomic E-state index is 14.0. The van der Waals surface area contributed by atoms with Crippen molar-refractivity contribution in [1.82, 2.24) is 5.32 Å². The van der Waals surface area contributed by atoms with Crippen LogP contribution in [0.25, 0.3) is 0 Å². The zero-order valence-electron chi connectivity index (χ0n) is 13.2. The molecule has 0 aromatic heterocycles. The van der Waals surface area contributed by atoms with Crippen molar-refractivity contribution in [2.45, 2.75) is 32.6 Å². The van der Waals surface area contributed by atoms with E-state index in [1.165, 1.54) is 25.1 Å². The first-order valence-electron chi connectivity index (χ1n) is 8.10. The van der Waals surface area contributed by atoms with Crippen molar-refractivity contribution < 1.29 is 14.0 Å². The molecular weight excluding hydrogens is 297 g/mol. The molecule has 2 fully saturated rings. The van der Waals surface area contributed by atoms with Crippen LogP contribution in [0, 0.1) is 17.2 Å². The second-order valence-corrected chi connectivity index (χ2v) is 6.56. The number of hydrogen-bond donors (Lipinski definition) is 3. The number of amides is 2. The fraction of sp³-hybridized carbons (Fsp3) is 0.529. The fourth-order valence-electron chi connectivity index (χ4n) is 3.84. The van der Waals surface area contributed by atoms with Crippen LogP contribution in [0.4, 0.5) is 15.8 Å². The van der Waals surface area contributed by atoms with Crippen LogP contribution in [0.15, 0.2) is 18.2 Å². The van der Waals surface area contributed by atoms with Gasteiger partial charge in [-0.15, -0.1) is 0 Å². The molecule has 23 heavy (non-hydrogen) atoms. The Bertz CT molecular complexity index is 634. The third-order valence-electron chi connectivity index (χ3n) is 5.03.